The molecule has 1 amide bonds. The highest BCUT2D eigenvalue weighted by atomic mass is 79.9. The number of aromatic nitrogens is 2. The van der Waals surface area contributed by atoms with Crippen LogP contribution >= 0.6 is 27.3 Å². The van der Waals surface area contributed by atoms with Crippen LogP contribution in [0.5, 0.6) is 0 Å². The maximum atomic E-state index is 12.0. The summed E-state index contributed by atoms with van der Waals surface area (Å²) in [6, 6.07) is 3.55. The molecule has 4 nitrogen and oxygen atoms in total. The summed E-state index contributed by atoms with van der Waals surface area (Å²) in [6.45, 7) is 3.71. The minimum atomic E-state index is -0.168. The van der Waals surface area contributed by atoms with Gasteiger partial charge in [-0.25, -0.2) is 9.97 Å². The van der Waals surface area contributed by atoms with Crippen molar-refractivity contribution in [2.24, 2.45) is 0 Å². The molecule has 0 radical (unpaired) electrons. The van der Waals surface area contributed by atoms with E-state index in [4.69, 9.17) is 0 Å². The fraction of sp³-hybridized carbons (Fsp3) is 0.182. The molecule has 0 unspecified atom stereocenters. The molecule has 2 aromatic rings. The van der Waals surface area contributed by atoms with Crippen molar-refractivity contribution in [3.63, 3.8) is 0 Å². The second-order valence-corrected chi connectivity index (χ2v) is 5.58. The summed E-state index contributed by atoms with van der Waals surface area (Å²) in [6.07, 6.45) is 1.63. The number of thiazole rings is 1. The second kappa shape index (κ2) is 4.93. The molecule has 1 N–H and O–H groups in total. The van der Waals surface area contributed by atoms with E-state index >= 15 is 0 Å². The summed E-state index contributed by atoms with van der Waals surface area (Å²) in [5.74, 6) is 0.355. The molecule has 88 valence electrons. The van der Waals surface area contributed by atoms with Gasteiger partial charge in [0.25, 0.3) is 5.91 Å². The van der Waals surface area contributed by atoms with Crippen molar-refractivity contribution < 1.29 is 4.79 Å². The Morgan fingerprint density at radius 1 is 1.47 bits per heavy atom. The number of amides is 1. The molecule has 6 heteroatoms. The van der Waals surface area contributed by atoms with Gasteiger partial charge in [-0.3, -0.25) is 4.79 Å². The van der Waals surface area contributed by atoms with Crippen LogP contribution in [0.4, 0.5) is 5.82 Å². The Bertz CT molecular complexity index is 568. The predicted octanol–water partition coefficient (Wildman–Crippen LogP) is 3.17. The highest BCUT2D eigenvalue weighted by Crippen LogP contribution is 2.19. The number of rotatable bonds is 2. The normalized spacial score (nSPS) is 10.3. The average molecular weight is 312 g/mol. The first-order chi connectivity index (χ1) is 8.06. The van der Waals surface area contributed by atoms with Gasteiger partial charge in [0.2, 0.25) is 0 Å². The lowest BCUT2D eigenvalue weighted by Gasteiger charge is -2.02. The van der Waals surface area contributed by atoms with Crippen molar-refractivity contribution in [1.82, 2.24) is 9.97 Å². The van der Waals surface area contributed by atoms with Gasteiger partial charge < -0.3 is 5.32 Å². The summed E-state index contributed by atoms with van der Waals surface area (Å²) in [4.78, 5) is 20.9. The van der Waals surface area contributed by atoms with Crippen molar-refractivity contribution in [3.05, 3.63) is 38.4 Å². The van der Waals surface area contributed by atoms with Crippen molar-refractivity contribution in [3.8, 4) is 0 Å². The highest BCUT2D eigenvalue weighted by molar-refractivity contribution is 9.10. The fourth-order valence-corrected chi connectivity index (χ4v) is 2.54. The van der Waals surface area contributed by atoms with Crippen LogP contribution in [0.2, 0.25) is 0 Å². The van der Waals surface area contributed by atoms with Gasteiger partial charge in [-0.2, -0.15) is 0 Å². The van der Waals surface area contributed by atoms with Gasteiger partial charge in [0.05, 0.1) is 10.7 Å². The number of nitrogens with one attached hydrogen (secondary N) is 1. The van der Waals surface area contributed by atoms with Crippen LogP contribution in [-0.2, 0) is 0 Å². The standard InChI is InChI=1S/C11H10BrN3OS/c1-6-10(17-7(2)14-6)11(16)15-9-5-8(12)3-4-13-9/h3-5H,1-2H3,(H,13,15,16). The molecule has 0 aliphatic carbocycles. The molecule has 2 heterocycles. The van der Waals surface area contributed by atoms with E-state index in [9.17, 15) is 4.79 Å². The van der Waals surface area contributed by atoms with Crippen LogP contribution in [0.1, 0.15) is 20.4 Å². The van der Waals surface area contributed by atoms with Gasteiger partial charge in [-0.05, 0) is 26.0 Å². The largest absolute Gasteiger partial charge is 0.306 e. The first-order valence-corrected chi connectivity index (χ1v) is 6.54. The number of hydrogen-bond acceptors (Lipinski definition) is 4. The Hall–Kier alpha value is -1.27. The van der Waals surface area contributed by atoms with Gasteiger partial charge in [-0.15, -0.1) is 11.3 Å². The zero-order valence-electron chi connectivity index (χ0n) is 9.32. The number of aryl methyl sites for hydroxylation is 2. The molecule has 0 spiro atoms. The first-order valence-electron chi connectivity index (χ1n) is 4.93. The van der Waals surface area contributed by atoms with E-state index in [0.717, 1.165) is 15.2 Å². The molecular formula is C11H10BrN3OS. The van der Waals surface area contributed by atoms with Gasteiger partial charge in [0.15, 0.2) is 0 Å². The van der Waals surface area contributed by atoms with E-state index in [2.05, 4.69) is 31.2 Å². The quantitative estimate of drug-likeness (QED) is 0.926. The molecule has 2 rings (SSSR count). The molecule has 0 fully saturated rings. The van der Waals surface area contributed by atoms with Crippen LogP contribution in [0, 0.1) is 13.8 Å². The zero-order valence-corrected chi connectivity index (χ0v) is 11.7. The Labute approximate surface area is 111 Å². The molecule has 0 saturated heterocycles. The van der Waals surface area contributed by atoms with Crippen LogP contribution in [0.15, 0.2) is 22.8 Å². The van der Waals surface area contributed by atoms with Crippen LogP contribution in [0.3, 0.4) is 0 Å². The molecule has 0 aromatic carbocycles. The van der Waals surface area contributed by atoms with Crippen LogP contribution in [-0.4, -0.2) is 15.9 Å². The lowest BCUT2D eigenvalue weighted by atomic mass is 10.3. The molecule has 0 aliphatic heterocycles. The lowest BCUT2D eigenvalue weighted by Crippen LogP contribution is -2.12. The third-order valence-corrected chi connectivity index (χ3v) is 3.64. The Morgan fingerprint density at radius 2 is 2.24 bits per heavy atom. The summed E-state index contributed by atoms with van der Waals surface area (Å²) in [7, 11) is 0. The molecule has 0 atom stereocenters. The lowest BCUT2D eigenvalue weighted by molar-refractivity contribution is 0.102. The van der Waals surface area contributed by atoms with Gasteiger partial charge in [0, 0.05) is 10.7 Å². The summed E-state index contributed by atoms with van der Waals surface area (Å²) in [5.41, 5.74) is 0.750. The monoisotopic (exact) mass is 311 g/mol. The van der Waals surface area contributed by atoms with Crippen LogP contribution in [0.25, 0.3) is 0 Å². The maximum Gasteiger partial charge on any atom is 0.268 e. The topological polar surface area (TPSA) is 54.9 Å². The first kappa shape index (κ1) is 12.2. The zero-order chi connectivity index (χ0) is 12.4. The Balaban J connectivity index is 2.20. The SMILES string of the molecule is Cc1nc(C)c(C(=O)Nc2cc(Br)ccn2)s1. The van der Waals surface area contributed by atoms with E-state index in [1.54, 1.807) is 18.3 Å². The van der Waals surface area contributed by atoms with Crippen molar-refractivity contribution in [1.29, 1.82) is 0 Å². The second-order valence-electron chi connectivity index (χ2n) is 3.46. The number of carbonyl (C=O) groups is 1. The number of hydrogen-bond donors (Lipinski definition) is 1. The molecule has 17 heavy (non-hydrogen) atoms. The van der Waals surface area contributed by atoms with E-state index < -0.39 is 0 Å². The highest BCUT2D eigenvalue weighted by Gasteiger charge is 2.14. The molecule has 0 bridgehead atoms. The van der Waals surface area contributed by atoms with E-state index in [-0.39, 0.29) is 5.91 Å². The third kappa shape index (κ3) is 2.89. The minimum Gasteiger partial charge on any atom is -0.306 e. The fourth-order valence-electron chi connectivity index (χ4n) is 1.39. The number of halogens is 1. The summed E-state index contributed by atoms with van der Waals surface area (Å²) >= 11 is 4.71. The molecular weight excluding hydrogens is 302 g/mol. The van der Waals surface area contributed by atoms with Crippen molar-refractivity contribution in [2.45, 2.75) is 13.8 Å². The Morgan fingerprint density at radius 3 is 2.82 bits per heavy atom. The third-order valence-electron chi connectivity index (χ3n) is 2.07. The van der Waals surface area contributed by atoms with Gasteiger partial charge >= 0.3 is 0 Å². The van der Waals surface area contributed by atoms with Crippen LogP contribution < -0.4 is 5.32 Å². The molecule has 2 aromatic heterocycles. The molecule has 0 saturated carbocycles. The number of anilines is 1. The summed E-state index contributed by atoms with van der Waals surface area (Å²) in [5, 5.41) is 3.63. The minimum absolute atomic E-state index is 0.168. The Kier molecular flexibility index (Phi) is 3.54. The van der Waals surface area contributed by atoms with Crippen molar-refractivity contribution in [2.75, 3.05) is 5.32 Å². The summed E-state index contributed by atoms with van der Waals surface area (Å²) < 4.78 is 0.875. The van der Waals surface area contributed by atoms with Crippen molar-refractivity contribution >= 4 is 39.0 Å². The molecule has 0 aliphatic rings. The van der Waals surface area contributed by atoms with E-state index in [1.165, 1.54) is 11.3 Å². The smallest absolute Gasteiger partial charge is 0.268 e. The number of carbonyl (C=O) groups excluding carboxylic acids is 1. The van der Waals surface area contributed by atoms with Gasteiger partial charge in [-0.1, -0.05) is 15.9 Å². The average Bonchev–Trinajstić information content (AvgIpc) is 2.58. The van der Waals surface area contributed by atoms with E-state index in [1.807, 2.05) is 13.8 Å². The maximum absolute atomic E-state index is 12.0. The van der Waals surface area contributed by atoms with E-state index in [0.29, 0.717) is 10.7 Å². The van der Waals surface area contributed by atoms with Gasteiger partial charge in [0.1, 0.15) is 10.7 Å². The number of pyridine rings is 1. The number of nitrogens with zero attached hydrogens (tertiary/aromatic N) is 2. The predicted molar refractivity (Wildman–Crippen MR) is 71.5 cm³/mol.